The van der Waals surface area contributed by atoms with E-state index in [2.05, 4.69) is 26.8 Å². The van der Waals surface area contributed by atoms with Crippen molar-refractivity contribution >= 4 is 23.0 Å². The summed E-state index contributed by atoms with van der Waals surface area (Å²) in [7, 11) is 0. The number of rotatable bonds is 7. The highest BCUT2D eigenvalue weighted by molar-refractivity contribution is 6.11. The molecule has 0 bridgehead atoms. The SMILES string of the molecule is C=C(F)C(=O)Nc1ccc(-c2c(-c3ccc(Oc4nccc(C)n4)c(F)c3)c(C(N)=O)c3cc(C)ncn23)cc1. The minimum Gasteiger partial charge on any atom is -0.421 e. The lowest BCUT2D eigenvalue weighted by Crippen LogP contribution is -2.12. The average molecular weight is 541 g/mol. The second-order valence-electron chi connectivity index (χ2n) is 8.91. The quantitative estimate of drug-likeness (QED) is 0.262. The van der Waals surface area contributed by atoms with Crippen molar-refractivity contribution in [1.82, 2.24) is 19.4 Å². The van der Waals surface area contributed by atoms with Gasteiger partial charge in [0.15, 0.2) is 17.4 Å². The number of anilines is 1. The maximum absolute atomic E-state index is 15.4. The number of hydrogen-bond acceptors (Lipinski definition) is 6. The molecule has 0 atom stereocenters. The normalized spacial score (nSPS) is 10.9. The summed E-state index contributed by atoms with van der Waals surface area (Å²) >= 11 is 0. The monoisotopic (exact) mass is 540 g/mol. The summed E-state index contributed by atoms with van der Waals surface area (Å²) < 4.78 is 35.7. The number of nitrogens with two attached hydrogens (primary N) is 1. The van der Waals surface area contributed by atoms with E-state index in [4.69, 9.17) is 10.5 Å². The van der Waals surface area contributed by atoms with Gasteiger partial charge in [-0.3, -0.25) is 14.0 Å². The maximum Gasteiger partial charge on any atom is 0.322 e. The van der Waals surface area contributed by atoms with Crippen LogP contribution in [0.3, 0.4) is 0 Å². The second kappa shape index (κ2) is 10.4. The minimum absolute atomic E-state index is 0.00941. The Hall–Kier alpha value is -5.45. The highest BCUT2D eigenvalue weighted by atomic mass is 19.1. The molecule has 0 aliphatic heterocycles. The van der Waals surface area contributed by atoms with Crippen molar-refractivity contribution in [2.75, 3.05) is 5.32 Å². The topological polar surface area (TPSA) is 124 Å². The number of nitrogens with zero attached hydrogens (tertiary/aromatic N) is 4. The number of aromatic nitrogens is 4. The van der Waals surface area contributed by atoms with Crippen LogP contribution in [0.15, 0.2) is 79.5 Å². The molecular formula is C29H22F2N6O3. The molecule has 9 nitrogen and oxygen atoms in total. The van der Waals surface area contributed by atoms with Gasteiger partial charge in [-0.2, -0.15) is 0 Å². The molecule has 200 valence electrons. The number of halogens is 2. The number of nitrogens with one attached hydrogen (secondary N) is 1. The van der Waals surface area contributed by atoms with Gasteiger partial charge in [-0.05, 0) is 61.4 Å². The molecule has 0 saturated carbocycles. The number of fused-ring (bicyclic) bond motifs is 1. The molecule has 0 unspecified atom stereocenters. The van der Waals surface area contributed by atoms with Gasteiger partial charge in [-0.15, -0.1) is 0 Å². The van der Waals surface area contributed by atoms with Crippen molar-refractivity contribution in [2.45, 2.75) is 13.8 Å². The predicted octanol–water partition coefficient (Wildman–Crippen LogP) is 5.53. The van der Waals surface area contributed by atoms with Crippen molar-refractivity contribution in [2.24, 2.45) is 5.73 Å². The number of carbonyl (C=O) groups excluding carboxylic acids is 2. The fraction of sp³-hybridized carbons (Fsp3) is 0.0690. The van der Waals surface area contributed by atoms with E-state index in [-0.39, 0.29) is 17.3 Å². The summed E-state index contributed by atoms with van der Waals surface area (Å²) in [6.07, 6.45) is 3.05. The van der Waals surface area contributed by atoms with E-state index in [1.807, 2.05) is 0 Å². The molecule has 3 aromatic heterocycles. The van der Waals surface area contributed by atoms with E-state index >= 15 is 4.39 Å². The largest absolute Gasteiger partial charge is 0.421 e. The molecule has 5 aromatic rings. The van der Waals surface area contributed by atoms with Gasteiger partial charge in [0.2, 0.25) is 0 Å². The summed E-state index contributed by atoms with van der Waals surface area (Å²) in [5.41, 5.74) is 9.93. The van der Waals surface area contributed by atoms with Crippen LogP contribution in [-0.4, -0.2) is 31.2 Å². The minimum atomic E-state index is -1.13. The molecular weight excluding hydrogens is 518 g/mol. The first kappa shape index (κ1) is 26.2. The molecule has 2 amide bonds. The molecule has 5 rings (SSSR count). The summed E-state index contributed by atoms with van der Waals surface area (Å²) in [6.45, 7) is 6.51. The van der Waals surface area contributed by atoms with Crippen LogP contribution in [0, 0.1) is 19.7 Å². The molecule has 0 fully saturated rings. The summed E-state index contributed by atoms with van der Waals surface area (Å²) in [5, 5.41) is 2.39. The van der Waals surface area contributed by atoms with Crippen LogP contribution < -0.4 is 15.8 Å². The number of benzene rings is 2. The lowest BCUT2D eigenvalue weighted by molar-refractivity contribution is -0.114. The molecule has 11 heteroatoms. The van der Waals surface area contributed by atoms with Crippen molar-refractivity contribution in [3.05, 3.63) is 102 Å². The number of aryl methyl sites for hydroxylation is 2. The third kappa shape index (κ3) is 4.99. The van der Waals surface area contributed by atoms with Gasteiger partial charge in [0.05, 0.1) is 23.1 Å². The zero-order chi connectivity index (χ0) is 28.6. The Morgan fingerprint density at radius 3 is 2.38 bits per heavy atom. The fourth-order valence-corrected chi connectivity index (χ4v) is 4.29. The summed E-state index contributed by atoms with van der Waals surface area (Å²) in [5.74, 6) is -3.62. The van der Waals surface area contributed by atoms with E-state index in [0.29, 0.717) is 45.0 Å². The van der Waals surface area contributed by atoms with Crippen molar-refractivity contribution in [3.63, 3.8) is 0 Å². The van der Waals surface area contributed by atoms with Gasteiger partial charge in [-0.25, -0.2) is 23.7 Å². The van der Waals surface area contributed by atoms with Crippen LogP contribution in [0.25, 0.3) is 27.9 Å². The second-order valence-corrected chi connectivity index (χ2v) is 8.91. The first-order valence-electron chi connectivity index (χ1n) is 12.0. The molecule has 2 aromatic carbocycles. The third-order valence-corrected chi connectivity index (χ3v) is 6.07. The Labute approximate surface area is 227 Å². The average Bonchev–Trinajstić information content (AvgIpc) is 3.24. The van der Waals surface area contributed by atoms with E-state index in [1.54, 1.807) is 67.0 Å². The molecule has 0 spiro atoms. The van der Waals surface area contributed by atoms with Crippen LogP contribution >= 0.6 is 0 Å². The van der Waals surface area contributed by atoms with Gasteiger partial charge >= 0.3 is 6.01 Å². The maximum atomic E-state index is 15.4. The number of ether oxygens (including phenoxy) is 1. The van der Waals surface area contributed by atoms with Crippen molar-refractivity contribution in [1.29, 1.82) is 0 Å². The van der Waals surface area contributed by atoms with Gasteiger partial charge in [0, 0.05) is 28.8 Å². The van der Waals surface area contributed by atoms with Crippen molar-refractivity contribution in [3.8, 4) is 34.1 Å². The molecule has 3 N–H and O–H groups in total. The van der Waals surface area contributed by atoms with Gasteiger partial charge in [0.1, 0.15) is 0 Å². The van der Waals surface area contributed by atoms with Crippen LogP contribution in [0.1, 0.15) is 21.7 Å². The summed E-state index contributed by atoms with van der Waals surface area (Å²) in [4.78, 5) is 37.0. The number of amides is 2. The summed E-state index contributed by atoms with van der Waals surface area (Å²) in [6, 6.07) is 14.1. The zero-order valence-electron chi connectivity index (χ0n) is 21.4. The van der Waals surface area contributed by atoms with E-state index < -0.39 is 23.5 Å². The zero-order valence-corrected chi connectivity index (χ0v) is 21.4. The molecule has 0 radical (unpaired) electrons. The molecule has 0 aliphatic carbocycles. The van der Waals surface area contributed by atoms with Gasteiger partial charge in [-0.1, -0.05) is 24.8 Å². The third-order valence-electron chi connectivity index (χ3n) is 6.07. The molecule has 40 heavy (non-hydrogen) atoms. The van der Waals surface area contributed by atoms with Gasteiger partial charge < -0.3 is 15.8 Å². The standard InChI is InChI=1S/C29H22F2N6O3/c1-15-10-11-33-29(35-15)40-23-9-6-19(13-21(23)31)24-25(27(32)38)22-12-16(2)34-14-37(22)26(24)18-4-7-20(8-5-18)36-28(39)17(3)30/h4-14H,3H2,1-2H3,(H2,32,38)(H,36,39). The van der Waals surface area contributed by atoms with Crippen LogP contribution in [0.5, 0.6) is 11.8 Å². The first-order chi connectivity index (χ1) is 19.1. The van der Waals surface area contributed by atoms with E-state index in [9.17, 15) is 14.0 Å². The number of primary amides is 1. The van der Waals surface area contributed by atoms with Crippen LogP contribution in [0.2, 0.25) is 0 Å². The Morgan fingerprint density at radius 1 is 1.00 bits per heavy atom. The predicted molar refractivity (Wildman–Crippen MR) is 145 cm³/mol. The fourth-order valence-electron chi connectivity index (χ4n) is 4.29. The Bertz CT molecular complexity index is 1820. The highest BCUT2D eigenvalue weighted by Crippen LogP contribution is 2.41. The molecule has 0 aliphatic rings. The van der Waals surface area contributed by atoms with Crippen LogP contribution in [-0.2, 0) is 4.79 Å². The number of carbonyl (C=O) groups is 2. The lowest BCUT2D eigenvalue weighted by Gasteiger charge is -2.11. The smallest absolute Gasteiger partial charge is 0.322 e. The van der Waals surface area contributed by atoms with Crippen molar-refractivity contribution < 1.29 is 23.1 Å². The number of hydrogen-bond donors (Lipinski definition) is 2. The lowest BCUT2D eigenvalue weighted by atomic mass is 9.96. The molecule has 0 saturated heterocycles. The van der Waals surface area contributed by atoms with Crippen LogP contribution in [0.4, 0.5) is 14.5 Å². The molecule has 3 heterocycles. The van der Waals surface area contributed by atoms with Gasteiger partial charge in [0.25, 0.3) is 11.8 Å². The highest BCUT2D eigenvalue weighted by Gasteiger charge is 2.25. The Balaban J connectivity index is 1.66. The Kier molecular flexibility index (Phi) is 6.78. The van der Waals surface area contributed by atoms with E-state index in [0.717, 1.165) is 0 Å². The van der Waals surface area contributed by atoms with E-state index in [1.165, 1.54) is 18.3 Å². The first-order valence-corrected chi connectivity index (χ1v) is 12.0. The Morgan fingerprint density at radius 2 is 1.73 bits per heavy atom.